The minimum Gasteiger partial charge on any atom is -0.462 e. The van der Waals surface area contributed by atoms with Crippen LogP contribution in [0.1, 0.15) is 383 Å². The maximum atomic E-state index is 13.1. The van der Waals surface area contributed by atoms with Crippen LogP contribution >= 0.6 is 15.6 Å². The van der Waals surface area contributed by atoms with Gasteiger partial charge in [0.15, 0.2) is 12.2 Å². The Labute approximate surface area is 581 Å². The van der Waals surface area contributed by atoms with Crippen molar-refractivity contribution < 1.29 is 80.2 Å². The third-order valence-electron chi connectivity index (χ3n) is 17.9. The van der Waals surface area contributed by atoms with Gasteiger partial charge in [0, 0.05) is 25.7 Å². The van der Waals surface area contributed by atoms with Gasteiger partial charge >= 0.3 is 39.5 Å². The molecule has 0 radical (unpaired) electrons. The Balaban J connectivity index is 5.24. The SMILES string of the molecule is CCC(C)CCCCCCCCCCCCC(=O)OC[C@H](COP(=O)(O)OCC(O)COP(=O)(O)OC[C@@H](COC(=O)CCCCCCCCCC(C)C)OC(=O)CCCCCCCCCCCC(C)C)OC(=O)CCCCCCCCCCCCCCCCCCC(C)C. The number of carbonyl (C=O) groups is 4. The van der Waals surface area contributed by atoms with Gasteiger partial charge in [0.1, 0.15) is 19.3 Å². The van der Waals surface area contributed by atoms with Crippen LogP contribution in [0.25, 0.3) is 0 Å². The van der Waals surface area contributed by atoms with Crippen LogP contribution in [0.2, 0.25) is 0 Å². The number of hydrogen-bond acceptors (Lipinski definition) is 15. The lowest BCUT2D eigenvalue weighted by atomic mass is 9.99. The van der Waals surface area contributed by atoms with Crippen molar-refractivity contribution in [3.8, 4) is 0 Å². The predicted molar refractivity (Wildman–Crippen MR) is 386 cm³/mol. The fourth-order valence-corrected chi connectivity index (χ4v) is 13.1. The first-order chi connectivity index (χ1) is 45.6. The van der Waals surface area contributed by atoms with E-state index in [-0.39, 0.29) is 25.7 Å². The number of esters is 4. The van der Waals surface area contributed by atoms with Crippen molar-refractivity contribution in [2.45, 2.75) is 401 Å². The number of aliphatic hydroxyl groups is 1. The van der Waals surface area contributed by atoms with Gasteiger partial charge in [-0.1, -0.05) is 331 Å². The third-order valence-corrected chi connectivity index (χ3v) is 19.8. The third kappa shape index (κ3) is 69.0. The number of carbonyl (C=O) groups excluding carboxylic acids is 4. The quantitative estimate of drug-likeness (QED) is 0.0222. The van der Waals surface area contributed by atoms with Crippen LogP contribution in [0.4, 0.5) is 0 Å². The fraction of sp³-hybridized carbons (Fsp3) is 0.947. The summed E-state index contributed by atoms with van der Waals surface area (Å²) in [7, 11) is -9.91. The number of aliphatic hydroxyl groups excluding tert-OH is 1. The van der Waals surface area contributed by atoms with E-state index in [1.807, 2.05) is 0 Å². The maximum Gasteiger partial charge on any atom is 0.472 e. The average molecular weight is 1400 g/mol. The highest BCUT2D eigenvalue weighted by atomic mass is 31.2. The Morgan fingerprint density at radius 2 is 0.505 bits per heavy atom. The van der Waals surface area contributed by atoms with Gasteiger partial charge in [0.25, 0.3) is 0 Å². The molecule has 0 amide bonds. The van der Waals surface area contributed by atoms with Crippen molar-refractivity contribution in [2.24, 2.45) is 23.7 Å². The molecule has 0 fully saturated rings. The minimum absolute atomic E-state index is 0.104. The summed E-state index contributed by atoms with van der Waals surface area (Å²) in [6, 6.07) is 0. The molecule has 6 atom stereocenters. The smallest absolute Gasteiger partial charge is 0.462 e. The molecule has 0 bridgehead atoms. The summed E-state index contributed by atoms with van der Waals surface area (Å²) in [5.41, 5.74) is 0. The minimum atomic E-state index is -4.96. The van der Waals surface area contributed by atoms with Crippen molar-refractivity contribution in [1.29, 1.82) is 0 Å². The van der Waals surface area contributed by atoms with Crippen LogP contribution in [0.15, 0.2) is 0 Å². The summed E-state index contributed by atoms with van der Waals surface area (Å²) >= 11 is 0. The summed E-state index contributed by atoms with van der Waals surface area (Å²) in [6.07, 6.45) is 50.0. The standard InChI is InChI=1S/C76H148O17P2/c1-9-69(8)55-47-39-31-23-18-19-24-32-40-48-56-73(78)86-62-71(92-75(80)58-50-42-33-25-17-15-13-11-10-12-14-16-21-28-36-44-52-66(2)3)64-90-94(82,83)88-60-70(77)61-89-95(84,85)91-65-72(63-87-74(79)57-49-41-35-27-30-38-46-54-68(6)7)93-76(81)59-51-43-34-26-20-22-29-37-45-53-67(4)5/h66-72,77H,9-65H2,1-8H3,(H,82,83)(H,84,85)/t69?,70?,71-,72-/m1/s1. The van der Waals surface area contributed by atoms with Gasteiger partial charge in [-0.25, -0.2) is 9.13 Å². The Kier molecular flexibility index (Phi) is 64.0. The Morgan fingerprint density at radius 3 is 0.747 bits per heavy atom. The van der Waals surface area contributed by atoms with Crippen molar-refractivity contribution in [1.82, 2.24) is 0 Å². The molecule has 95 heavy (non-hydrogen) atoms. The molecule has 0 aliphatic heterocycles. The summed E-state index contributed by atoms with van der Waals surface area (Å²) in [6.45, 7) is 14.2. The van der Waals surface area contributed by atoms with Gasteiger partial charge in [0.05, 0.1) is 26.4 Å². The van der Waals surface area contributed by atoms with Crippen LogP contribution in [0.5, 0.6) is 0 Å². The number of phosphoric ester groups is 2. The van der Waals surface area contributed by atoms with Gasteiger partial charge in [-0.05, 0) is 49.4 Å². The zero-order valence-electron chi connectivity index (χ0n) is 62.3. The lowest BCUT2D eigenvalue weighted by Crippen LogP contribution is -2.30. The molecular formula is C76H148O17P2. The monoisotopic (exact) mass is 1400 g/mol. The molecule has 0 saturated heterocycles. The lowest BCUT2D eigenvalue weighted by Gasteiger charge is -2.21. The van der Waals surface area contributed by atoms with Gasteiger partial charge in [-0.15, -0.1) is 0 Å². The molecule has 0 spiro atoms. The molecule has 564 valence electrons. The fourth-order valence-electron chi connectivity index (χ4n) is 11.5. The van der Waals surface area contributed by atoms with E-state index in [9.17, 15) is 43.2 Å². The van der Waals surface area contributed by atoms with Crippen LogP contribution in [-0.2, 0) is 65.4 Å². The molecule has 4 unspecified atom stereocenters. The van der Waals surface area contributed by atoms with Crippen molar-refractivity contribution >= 4 is 39.5 Å². The maximum absolute atomic E-state index is 13.1. The topological polar surface area (TPSA) is 237 Å². The van der Waals surface area contributed by atoms with Crippen LogP contribution < -0.4 is 0 Å². The first-order valence-corrected chi connectivity index (χ1v) is 42.2. The highest BCUT2D eigenvalue weighted by Crippen LogP contribution is 2.45. The van der Waals surface area contributed by atoms with E-state index in [0.717, 1.165) is 114 Å². The van der Waals surface area contributed by atoms with E-state index in [2.05, 4.69) is 55.4 Å². The van der Waals surface area contributed by atoms with E-state index in [1.54, 1.807) is 0 Å². The molecule has 0 aliphatic carbocycles. The Morgan fingerprint density at radius 1 is 0.295 bits per heavy atom. The van der Waals surface area contributed by atoms with E-state index in [1.165, 1.54) is 180 Å². The average Bonchev–Trinajstić information content (AvgIpc) is 1.64. The highest BCUT2D eigenvalue weighted by Gasteiger charge is 2.30. The predicted octanol–water partition coefficient (Wildman–Crippen LogP) is 22.0. The first kappa shape index (κ1) is 93.1. The molecular weight excluding hydrogens is 1250 g/mol. The second-order valence-corrected chi connectivity index (χ2v) is 32.0. The van der Waals surface area contributed by atoms with E-state index in [0.29, 0.717) is 31.6 Å². The number of hydrogen-bond donors (Lipinski definition) is 3. The van der Waals surface area contributed by atoms with Crippen molar-refractivity contribution in [3.63, 3.8) is 0 Å². The number of ether oxygens (including phenoxy) is 4. The molecule has 3 N–H and O–H groups in total. The van der Waals surface area contributed by atoms with Crippen LogP contribution in [-0.4, -0.2) is 96.7 Å². The lowest BCUT2D eigenvalue weighted by molar-refractivity contribution is -0.161. The molecule has 0 aromatic heterocycles. The summed E-state index contributed by atoms with van der Waals surface area (Å²) in [5, 5.41) is 10.6. The zero-order valence-corrected chi connectivity index (χ0v) is 64.1. The van der Waals surface area contributed by atoms with Gasteiger partial charge in [-0.2, -0.15) is 0 Å². The molecule has 17 nitrogen and oxygen atoms in total. The normalized spacial score (nSPS) is 14.4. The van der Waals surface area contributed by atoms with Crippen LogP contribution in [0.3, 0.4) is 0 Å². The summed E-state index contributed by atoms with van der Waals surface area (Å²) in [4.78, 5) is 72.8. The zero-order chi connectivity index (χ0) is 70.3. The molecule has 0 saturated carbocycles. The highest BCUT2D eigenvalue weighted by molar-refractivity contribution is 7.47. The molecule has 0 aliphatic rings. The van der Waals surface area contributed by atoms with Crippen molar-refractivity contribution in [3.05, 3.63) is 0 Å². The van der Waals surface area contributed by atoms with E-state index < -0.39 is 97.5 Å². The van der Waals surface area contributed by atoms with Crippen LogP contribution in [0, 0.1) is 23.7 Å². The molecule has 0 aromatic carbocycles. The largest absolute Gasteiger partial charge is 0.472 e. The number of unbranched alkanes of at least 4 members (excludes halogenated alkanes) is 38. The summed E-state index contributed by atoms with van der Waals surface area (Å²) < 4.78 is 68.5. The molecule has 0 aromatic rings. The molecule has 0 heterocycles. The second kappa shape index (κ2) is 65.4. The Bertz CT molecular complexity index is 1870. The first-order valence-electron chi connectivity index (χ1n) is 39.2. The van der Waals surface area contributed by atoms with E-state index >= 15 is 0 Å². The summed E-state index contributed by atoms with van der Waals surface area (Å²) in [5.74, 6) is 0.938. The van der Waals surface area contributed by atoms with Gasteiger partial charge < -0.3 is 33.8 Å². The van der Waals surface area contributed by atoms with Gasteiger partial charge in [-0.3, -0.25) is 37.3 Å². The molecule has 19 heteroatoms. The second-order valence-electron chi connectivity index (χ2n) is 29.1. The van der Waals surface area contributed by atoms with Crippen molar-refractivity contribution in [2.75, 3.05) is 39.6 Å². The molecule has 0 rings (SSSR count). The Hall–Kier alpha value is -1.94. The number of phosphoric acid groups is 2. The number of rotatable bonds is 73. The van der Waals surface area contributed by atoms with Gasteiger partial charge in [0.2, 0.25) is 0 Å². The van der Waals surface area contributed by atoms with E-state index in [4.69, 9.17) is 37.0 Å².